The molecule has 3 heterocycles. The second-order valence-electron chi connectivity index (χ2n) is 9.49. The van der Waals surface area contributed by atoms with Gasteiger partial charge in [-0.3, -0.25) is 14.8 Å². The molecular formula is C26H24N4O5. The predicted octanol–water partition coefficient (Wildman–Crippen LogP) is 3.32. The Morgan fingerprint density at radius 3 is 2.37 bits per heavy atom. The van der Waals surface area contributed by atoms with E-state index in [1.54, 1.807) is 0 Å². The van der Waals surface area contributed by atoms with Gasteiger partial charge in [0.15, 0.2) is 0 Å². The number of rotatable bonds is 6. The Labute approximate surface area is 201 Å². The third-order valence-corrected chi connectivity index (χ3v) is 7.43. The number of benzene rings is 2. The summed E-state index contributed by atoms with van der Waals surface area (Å²) in [6.07, 6.45) is 3.39. The summed E-state index contributed by atoms with van der Waals surface area (Å²) in [5.41, 5.74) is 3.91. The number of carboxylic acid groups (broad SMARTS) is 1. The van der Waals surface area contributed by atoms with Gasteiger partial charge in [-0.15, -0.1) is 0 Å². The highest BCUT2D eigenvalue weighted by atomic mass is 16.5. The number of carboxylic acids is 1. The molecular weight excluding hydrogens is 448 g/mol. The molecule has 7 rings (SSSR count). The van der Waals surface area contributed by atoms with Crippen LogP contribution in [0.4, 0.5) is 10.5 Å². The van der Waals surface area contributed by atoms with Crippen LogP contribution in [-0.4, -0.2) is 56.4 Å². The van der Waals surface area contributed by atoms with E-state index in [0.29, 0.717) is 25.1 Å². The van der Waals surface area contributed by atoms with Gasteiger partial charge >= 0.3 is 12.1 Å². The van der Waals surface area contributed by atoms with Crippen molar-refractivity contribution in [2.75, 3.05) is 18.5 Å². The molecule has 35 heavy (non-hydrogen) atoms. The second-order valence-corrected chi connectivity index (χ2v) is 9.49. The fourth-order valence-corrected chi connectivity index (χ4v) is 5.80. The van der Waals surface area contributed by atoms with E-state index in [1.165, 1.54) is 22.0 Å². The molecule has 0 unspecified atom stereocenters. The van der Waals surface area contributed by atoms with E-state index in [2.05, 4.69) is 34.7 Å². The van der Waals surface area contributed by atoms with Gasteiger partial charge < -0.3 is 14.7 Å². The van der Waals surface area contributed by atoms with Crippen molar-refractivity contribution in [2.24, 2.45) is 5.92 Å². The van der Waals surface area contributed by atoms with Gasteiger partial charge in [-0.25, -0.2) is 9.59 Å². The van der Waals surface area contributed by atoms with Gasteiger partial charge in [0.25, 0.3) is 0 Å². The molecule has 2 saturated heterocycles. The largest absolute Gasteiger partial charge is 0.479 e. The van der Waals surface area contributed by atoms with Crippen LogP contribution in [0.3, 0.4) is 0 Å². The summed E-state index contributed by atoms with van der Waals surface area (Å²) >= 11 is 0. The maximum Gasteiger partial charge on any atom is 0.411 e. The molecule has 0 atom stereocenters. The van der Waals surface area contributed by atoms with Crippen LogP contribution in [0, 0.1) is 5.92 Å². The molecule has 9 nitrogen and oxygen atoms in total. The van der Waals surface area contributed by atoms with Crippen molar-refractivity contribution in [1.29, 1.82) is 0 Å². The molecule has 1 saturated carbocycles. The molecule has 1 aromatic heterocycles. The number of amides is 2. The van der Waals surface area contributed by atoms with Crippen molar-refractivity contribution in [3.8, 4) is 11.1 Å². The standard InChI is InChI=1S/C26H24N4O5/c31-23(30-12-16-9-26(30,10-16)24(32)33)14-29-13-17(11-27-29)28-25(34)35-15-22-20-7-3-1-5-18(20)19-6-2-4-8-21(19)22/h1-8,11,13,16,22H,9-10,12,14-15H2,(H,28,34)(H,32,33). The molecule has 2 bridgehead atoms. The van der Waals surface area contributed by atoms with Crippen molar-refractivity contribution < 1.29 is 24.2 Å². The maximum atomic E-state index is 12.7. The minimum atomic E-state index is -1.06. The highest BCUT2D eigenvalue weighted by Gasteiger charge is 2.62. The van der Waals surface area contributed by atoms with Gasteiger partial charge in [-0.1, -0.05) is 48.5 Å². The number of aromatic nitrogens is 2. The smallest absolute Gasteiger partial charge is 0.411 e. The number of nitrogens with one attached hydrogen (secondary N) is 1. The number of aliphatic carboxylic acids is 1. The lowest BCUT2D eigenvalue weighted by atomic mass is 9.73. The zero-order valence-corrected chi connectivity index (χ0v) is 18.9. The Morgan fingerprint density at radius 1 is 1.06 bits per heavy atom. The Hall–Kier alpha value is -4.14. The second kappa shape index (κ2) is 7.97. The Balaban J connectivity index is 1.07. The van der Waals surface area contributed by atoms with E-state index >= 15 is 0 Å². The van der Waals surface area contributed by atoms with Crippen LogP contribution in [-0.2, 0) is 20.9 Å². The van der Waals surface area contributed by atoms with Crippen LogP contribution < -0.4 is 5.32 Å². The lowest BCUT2D eigenvalue weighted by Crippen LogP contribution is -2.55. The van der Waals surface area contributed by atoms with Crippen molar-refractivity contribution >= 4 is 23.7 Å². The lowest BCUT2D eigenvalue weighted by Gasteiger charge is -2.37. The Kier molecular flexibility index (Phi) is 4.87. The number of anilines is 1. The summed E-state index contributed by atoms with van der Waals surface area (Å²) in [6.45, 7) is 0.575. The zero-order chi connectivity index (χ0) is 24.2. The monoisotopic (exact) mass is 472 g/mol. The first kappa shape index (κ1) is 21.4. The molecule has 2 amide bonds. The number of ether oxygens (including phenoxy) is 1. The average molecular weight is 473 g/mol. The number of hydrogen-bond acceptors (Lipinski definition) is 5. The summed E-state index contributed by atoms with van der Waals surface area (Å²) in [5.74, 6) is -1.01. The molecule has 4 aliphatic rings. The van der Waals surface area contributed by atoms with E-state index in [-0.39, 0.29) is 30.9 Å². The molecule has 178 valence electrons. The fraction of sp³-hybridized carbons (Fsp3) is 0.308. The van der Waals surface area contributed by atoms with Crippen molar-refractivity contribution in [3.63, 3.8) is 0 Å². The van der Waals surface area contributed by atoms with Gasteiger partial charge in [0.1, 0.15) is 18.7 Å². The van der Waals surface area contributed by atoms with E-state index in [9.17, 15) is 19.5 Å². The summed E-state index contributed by atoms with van der Waals surface area (Å²) in [7, 11) is 0. The third-order valence-electron chi connectivity index (χ3n) is 7.43. The van der Waals surface area contributed by atoms with Crippen LogP contribution >= 0.6 is 0 Å². The zero-order valence-electron chi connectivity index (χ0n) is 18.9. The van der Waals surface area contributed by atoms with Crippen molar-refractivity contribution in [1.82, 2.24) is 14.7 Å². The van der Waals surface area contributed by atoms with Gasteiger partial charge in [-0.05, 0) is 41.0 Å². The minimum Gasteiger partial charge on any atom is -0.479 e. The Morgan fingerprint density at radius 2 is 1.71 bits per heavy atom. The molecule has 2 aromatic carbocycles. The van der Waals surface area contributed by atoms with Crippen molar-refractivity contribution in [3.05, 3.63) is 72.1 Å². The molecule has 2 N–H and O–H groups in total. The van der Waals surface area contributed by atoms with E-state index in [4.69, 9.17) is 4.74 Å². The average Bonchev–Trinajstić information content (AvgIpc) is 3.58. The van der Waals surface area contributed by atoms with Crippen LogP contribution in [0.2, 0.25) is 0 Å². The lowest BCUT2D eigenvalue weighted by molar-refractivity contribution is -0.158. The summed E-state index contributed by atoms with van der Waals surface area (Å²) < 4.78 is 6.94. The molecule has 0 spiro atoms. The highest BCUT2D eigenvalue weighted by molar-refractivity contribution is 5.89. The molecule has 2 aliphatic carbocycles. The van der Waals surface area contributed by atoms with Crippen molar-refractivity contribution in [2.45, 2.75) is 30.8 Å². The minimum absolute atomic E-state index is 0.0400. The SMILES string of the molecule is O=C(Nc1cnn(CC(=O)N2CC3CC2(C(=O)O)C3)c1)OCC1c2ccccc2-c2ccccc21. The van der Waals surface area contributed by atoms with Gasteiger partial charge in [0.2, 0.25) is 5.91 Å². The molecule has 3 aromatic rings. The van der Waals surface area contributed by atoms with E-state index < -0.39 is 17.6 Å². The number of fused-ring (bicyclic) bond motifs is 4. The van der Waals surface area contributed by atoms with E-state index in [1.807, 2.05) is 24.3 Å². The number of nitrogens with zero attached hydrogens (tertiary/aromatic N) is 3. The number of carbonyl (C=O) groups excluding carboxylic acids is 2. The highest BCUT2D eigenvalue weighted by Crippen LogP contribution is 2.50. The Bertz CT molecular complexity index is 1300. The molecule has 2 aliphatic heterocycles. The first-order valence-electron chi connectivity index (χ1n) is 11.6. The number of carbonyl (C=O) groups is 3. The maximum absolute atomic E-state index is 12.7. The first-order valence-corrected chi connectivity index (χ1v) is 11.6. The van der Waals surface area contributed by atoms with E-state index in [0.717, 1.165) is 22.3 Å². The summed E-state index contributed by atoms with van der Waals surface area (Å²) in [6, 6.07) is 16.2. The quantitative estimate of drug-likeness (QED) is 0.569. The number of hydrogen-bond donors (Lipinski definition) is 2. The molecule has 9 heteroatoms. The van der Waals surface area contributed by atoms with Crippen LogP contribution in [0.15, 0.2) is 60.9 Å². The van der Waals surface area contributed by atoms with Crippen LogP contribution in [0.5, 0.6) is 0 Å². The topological polar surface area (TPSA) is 114 Å². The summed E-state index contributed by atoms with van der Waals surface area (Å²) in [5, 5.41) is 16.4. The molecule has 3 fully saturated rings. The van der Waals surface area contributed by atoms with Crippen LogP contribution in [0.1, 0.15) is 29.9 Å². The first-order chi connectivity index (χ1) is 16.9. The van der Waals surface area contributed by atoms with Gasteiger partial charge in [0.05, 0.1) is 11.9 Å². The van der Waals surface area contributed by atoms with Gasteiger partial charge in [0, 0.05) is 18.7 Å². The molecule has 0 radical (unpaired) electrons. The fourth-order valence-electron chi connectivity index (χ4n) is 5.80. The summed E-state index contributed by atoms with van der Waals surface area (Å²) in [4.78, 5) is 38.4. The van der Waals surface area contributed by atoms with Crippen LogP contribution in [0.25, 0.3) is 11.1 Å². The predicted molar refractivity (Wildman–Crippen MR) is 126 cm³/mol. The third kappa shape index (κ3) is 3.46. The normalized spacial score (nSPS) is 21.7. The van der Waals surface area contributed by atoms with Gasteiger partial charge in [-0.2, -0.15) is 5.10 Å².